The summed E-state index contributed by atoms with van der Waals surface area (Å²) in [4.78, 5) is 40.1. The molecule has 2 aromatic rings. The van der Waals surface area contributed by atoms with Gasteiger partial charge in [-0.1, -0.05) is 25.1 Å². The number of benzene rings is 2. The van der Waals surface area contributed by atoms with E-state index in [1.54, 1.807) is 49.9 Å². The van der Waals surface area contributed by atoms with Gasteiger partial charge >= 0.3 is 6.09 Å². The van der Waals surface area contributed by atoms with E-state index in [2.05, 4.69) is 23.6 Å². The van der Waals surface area contributed by atoms with Crippen LogP contribution in [0.2, 0.25) is 0 Å². The fourth-order valence-corrected chi connectivity index (χ4v) is 7.25. The average Bonchev–Trinajstić information content (AvgIpc) is 3.21. The summed E-state index contributed by atoms with van der Waals surface area (Å²) in [5, 5.41) is 15.4. The van der Waals surface area contributed by atoms with Gasteiger partial charge in [0.1, 0.15) is 23.5 Å². The van der Waals surface area contributed by atoms with E-state index in [0.29, 0.717) is 41.0 Å². The van der Waals surface area contributed by atoms with Gasteiger partial charge in [0.05, 0.1) is 6.07 Å². The first-order valence-electron chi connectivity index (χ1n) is 13.9. The highest BCUT2D eigenvalue weighted by Crippen LogP contribution is 2.67. The van der Waals surface area contributed by atoms with Crippen LogP contribution in [0.3, 0.4) is 0 Å². The van der Waals surface area contributed by atoms with Crippen LogP contribution in [0.4, 0.5) is 9.18 Å². The summed E-state index contributed by atoms with van der Waals surface area (Å²) in [6.45, 7) is 7.99. The molecule has 2 bridgehead atoms. The molecule has 0 radical (unpaired) electrons. The van der Waals surface area contributed by atoms with Crippen LogP contribution in [0.5, 0.6) is 0 Å². The van der Waals surface area contributed by atoms with Crippen molar-refractivity contribution in [1.29, 1.82) is 5.26 Å². The molecule has 2 aliphatic carbocycles. The molecule has 4 aliphatic rings. The number of nitrogens with one attached hydrogen (secondary N) is 2. The van der Waals surface area contributed by atoms with Gasteiger partial charge in [-0.2, -0.15) is 5.26 Å². The van der Waals surface area contributed by atoms with Crippen molar-refractivity contribution in [3.8, 4) is 17.2 Å². The smallest absolute Gasteiger partial charge is 0.411 e. The monoisotopic (exact) mass is 544 g/mol. The maximum atomic E-state index is 15.2. The second-order valence-electron chi connectivity index (χ2n) is 12.6. The highest BCUT2D eigenvalue weighted by Gasteiger charge is 2.71. The summed E-state index contributed by atoms with van der Waals surface area (Å²) >= 11 is 0. The number of likely N-dealkylation sites (tertiary alicyclic amines) is 1. The lowest BCUT2D eigenvalue weighted by Crippen LogP contribution is -2.56. The predicted octanol–water partition coefficient (Wildman–Crippen LogP) is 4.18. The SMILES string of the molecule is C[C@H]1C2C1[C@@H]1C[C@H]2[C@@H](C(=O)N[C@H](C#N)Cc2ccc(-c3ccc4c(c3)CNC4=O)cc2F)N1C(=O)OC(C)(C)C. The third kappa shape index (κ3) is 4.40. The normalized spacial score (nSPS) is 28.3. The number of ether oxygens (including phenoxy) is 1. The van der Waals surface area contributed by atoms with E-state index in [-0.39, 0.29) is 30.2 Å². The van der Waals surface area contributed by atoms with Crippen molar-refractivity contribution in [2.45, 2.75) is 70.8 Å². The Bertz CT molecular complexity index is 1460. The molecule has 2 N–H and O–H groups in total. The van der Waals surface area contributed by atoms with Crippen LogP contribution in [0, 0.1) is 40.8 Å². The van der Waals surface area contributed by atoms with E-state index in [1.165, 1.54) is 6.07 Å². The number of rotatable bonds is 5. The van der Waals surface area contributed by atoms with E-state index < -0.39 is 29.6 Å². The Hall–Kier alpha value is -3.93. The first kappa shape index (κ1) is 26.3. The molecule has 2 heterocycles. The molecule has 40 heavy (non-hydrogen) atoms. The fourth-order valence-electron chi connectivity index (χ4n) is 7.25. The van der Waals surface area contributed by atoms with Gasteiger partial charge in [0.15, 0.2) is 0 Å². The lowest BCUT2D eigenvalue weighted by atomic mass is 9.94. The van der Waals surface area contributed by atoms with Gasteiger partial charge in [-0.15, -0.1) is 0 Å². The third-order valence-corrected chi connectivity index (χ3v) is 8.98. The van der Waals surface area contributed by atoms with Gasteiger partial charge in [0, 0.05) is 24.6 Å². The molecule has 8 nitrogen and oxygen atoms in total. The number of amides is 3. The zero-order chi connectivity index (χ0) is 28.5. The Labute approximate surface area is 232 Å². The van der Waals surface area contributed by atoms with Crippen molar-refractivity contribution in [3.05, 3.63) is 58.9 Å². The van der Waals surface area contributed by atoms with Gasteiger partial charge in [-0.25, -0.2) is 9.18 Å². The topological polar surface area (TPSA) is 112 Å². The number of carbonyl (C=O) groups is 3. The maximum Gasteiger partial charge on any atom is 0.411 e. The summed E-state index contributed by atoms with van der Waals surface area (Å²) in [5.74, 6) is 0.298. The molecule has 0 spiro atoms. The molecule has 7 atom stereocenters. The minimum Gasteiger partial charge on any atom is -0.444 e. The number of halogens is 1. The first-order valence-corrected chi connectivity index (χ1v) is 13.9. The molecule has 2 unspecified atom stereocenters. The van der Waals surface area contributed by atoms with E-state index in [9.17, 15) is 19.6 Å². The van der Waals surface area contributed by atoms with E-state index in [4.69, 9.17) is 4.74 Å². The van der Waals surface area contributed by atoms with Gasteiger partial charge < -0.3 is 15.4 Å². The van der Waals surface area contributed by atoms with Crippen molar-refractivity contribution in [2.24, 2.45) is 23.7 Å². The summed E-state index contributed by atoms with van der Waals surface area (Å²) in [5.41, 5.74) is 2.55. The number of piperidine rings is 1. The molecule has 1 saturated heterocycles. The summed E-state index contributed by atoms with van der Waals surface area (Å²) in [6, 6.07) is 10.6. The number of carbonyl (C=O) groups excluding carboxylic acids is 3. The number of nitrogens with zero attached hydrogens (tertiary/aromatic N) is 2. The standard InChI is InChI=1S/C31H33FN4O4/c1-15-25-22-12-24(26(15)25)36(30(39)40-31(2,3)4)27(22)29(38)35-20(13-33)10-18-6-5-17(11-23(18)32)16-7-8-21-19(9-16)14-34-28(21)37/h5-9,11,15,20,22,24-27H,10,12,14H2,1-4H3,(H,34,37)(H,35,38)/t15-,20-,22+,24-,25?,26?,27-/m0/s1. The molecule has 2 aromatic carbocycles. The van der Waals surface area contributed by atoms with Crippen LogP contribution in [-0.2, 0) is 22.5 Å². The van der Waals surface area contributed by atoms with Gasteiger partial charge in [-0.05, 0) is 91.3 Å². The lowest BCUT2D eigenvalue weighted by molar-refractivity contribution is -0.128. The molecule has 3 fully saturated rings. The first-order chi connectivity index (χ1) is 19.0. The molecular formula is C31H33FN4O4. The summed E-state index contributed by atoms with van der Waals surface area (Å²) < 4.78 is 20.8. The van der Waals surface area contributed by atoms with E-state index in [0.717, 1.165) is 17.5 Å². The quantitative estimate of drug-likeness (QED) is 0.587. The van der Waals surface area contributed by atoms with Crippen molar-refractivity contribution in [1.82, 2.24) is 15.5 Å². The Morgan fingerprint density at radius 2 is 1.93 bits per heavy atom. The molecule has 2 saturated carbocycles. The average molecular weight is 545 g/mol. The van der Waals surface area contributed by atoms with Gasteiger partial charge in [0.2, 0.25) is 5.91 Å². The molecular weight excluding hydrogens is 511 g/mol. The van der Waals surface area contributed by atoms with E-state index >= 15 is 4.39 Å². The van der Waals surface area contributed by atoms with E-state index in [1.807, 2.05) is 6.07 Å². The second-order valence-corrected chi connectivity index (χ2v) is 12.6. The number of hydrogen-bond donors (Lipinski definition) is 2. The minimum absolute atomic E-state index is 0.00727. The number of hydrogen-bond acceptors (Lipinski definition) is 5. The lowest BCUT2D eigenvalue weighted by Gasteiger charge is -2.35. The molecule has 9 heteroatoms. The zero-order valence-electron chi connectivity index (χ0n) is 23.0. The Morgan fingerprint density at radius 3 is 2.62 bits per heavy atom. The van der Waals surface area contributed by atoms with Crippen molar-refractivity contribution in [2.75, 3.05) is 0 Å². The largest absolute Gasteiger partial charge is 0.444 e. The summed E-state index contributed by atoms with van der Waals surface area (Å²) in [7, 11) is 0. The zero-order valence-corrected chi connectivity index (χ0v) is 23.0. The van der Waals surface area contributed by atoms with Crippen LogP contribution in [-0.4, -0.2) is 46.5 Å². The van der Waals surface area contributed by atoms with Crippen LogP contribution in [0.15, 0.2) is 36.4 Å². The minimum atomic E-state index is -0.961. The summed E-state index contributed by atoms with van der Waals surface area (Å²) in [6.07, 6.45) is 0.253. The van der Waals surface area contributed by atoms with Crippen molar-refractivity contribution in [3.63, 3.8) is 0 Å². The second kappa shape index (κ2) is 9.33. The predicted molar refractivity (Wildman–Crippen MR) is 144 cm³/mol. The molecule has 2 aliphatic heterocycles. The number of nitriles is 1. The van der Waals surface area contributed by atoms with Crippen LogP contribution in [0.25, 0.3) is 11.1 Å². The highest BCUT2D eigenvalue weighted by atomic mass is 19.1. The van der Waals surface area contributed by atoms with Crippen LogP contribution in [0.1, 0.15) is 55.6 Å². The maximum absolute atomic E-state index is 15.2. The van der Waals surface area contributed by atoms with Crippen molar-refractivity contribution >= 4 is 17.9 Å². The van der Waals surface area contributed by atoms with Gasteiger partial charge in [0.25, 0.3) is 5.91 Å². The Kier molecular flexibility index (Phi) is 6.13. The molecule has 0 aromatic heterocycles. The molecule has 6 rings (SSSR count). The van der Waals surface area contributed by atoms with Crippen molar-refractivity contribution < 1.29 is 23.5 Å². The van der Waals surface area contributed by atoms with Crippen LogP contribution < -0.4 is 10.6 Å². The highest BCUT2D eigenvalue weighted by molar-refractivity contribution is 5.99. The number of fused-ring (bicyclic) bond motifs is 6. The van der Waals surface area contributed by atoms with Crippen LogP contribution >= 0.6 is 0 Å². The Morgan fingerprint density at radius 1 is 1.20 bits per heavy atom. The van der Waals surface area contributed by atoms with Gasteiger partial charge in [-0.3, -0.25) is 14.5 Å². The molecule has 3 amide bonds. The third-order valence-electron chi connectivity index (χ3n) is 8.98. The molecule has 208 valence electrons. The Balaban J connectivity index is 1.16. The fraction of sp³-hybridized carbons (Fsp3) is 0.484.